The number of piperazine rings is 1. The molecule has 2 amide bonds. The molecular formula is C12H19N5O2. The number of aryl methyl sites for hydroxylation is 1. The van der Waals surface area contributed by atoms with Crippen LogP contribution < -0.4 is 5.32 Å². The third kappa shape index (κ3) is 2.74. The number of carbonyl (C=O) groups is 2. The maximum atomic E-state index is 12.3. The van der Waals surface area contributed by atoms with Gasteiger partial charge in [0.25, 0.3) is 0 Å². The summed E-state index contributed by atoms with van der Waals surface area (Å²) in [5.74, 6) is 0.595. The summed E-state index contributed by atoms with van der Waals surface area (Å²) in [5, 5.41) is 6.80. The molecule has 1 aliphatic rings. The number of hydrogen-bond acceptors (Lipinski definition) is 4. The van der Waals surface area contributed by atoms with Crippen molar-refractivity contribution in [1.29, 1.82) is 0 Å². The molecule has 1 N–H and O–H groups in total. The van der Waals surface area contributed by atoms with Crippen molar-refractivity contribution in [1.82, 2.24) is 25.0 Å². The van der Waals surface area contributed by atoms with Crippen molar-refractivity contribution in [3.63, 3.8) is 0 Å². The molecule has 0 saturated carbocycles. The smallest absolute Gasteiger partial charge is 0.246 e. The lowest BCUT2D eigenvalue weighted by molar-refractivity contribution is -0.146. The molecule has 0 radical (unpaired) electrons. The normalized spacial score (nSPS) is 20.0. The molecule has 1 aliphatic heterocycles. The second-order valence-electron chi connectivity index (χ2n) is 4.98. The number of nitrogens with zero attached hydrogens (tertiary/aromatic N) is 4. The quantitative estimate of drug-likeness (QED) is 0.816. The Balaban J connectivity index is 2.15. The standard InChI is InChI=1S/C12H19N5O2/c1-4-17-9(13-7-14-17)5-16-6-10(18)15-11(8(2)3)12(16)19/h7-8,11H,4-6H2,1-3H3,(H,15,18). The Labute approximate surface area is 112 Å². The number of aromatic nitrogens is 3. The van der Waals surface area contributed by atoms with Gasteiger partial charge in [0.2, 0.25) is 11.8 Å². The van der Waals surface area contributed by atoms with E-state index in [9.17, 15) is 9.59 Å². The van der Waals surface area contributed by atoms with Crippen molar-refractivity contribution in [2.75, 3.05) is 6.54 Å². The van der Waals surface area contributed by atoms with Crippen LogP contribution in [0.5, 0.6) is 0 Å². The summed E-state index contributed by atoms with van der Waals surface area (Å²) in [6.07, 6.45) is 1.47. The van der Waals surface area contributed by atoms with Gasteiger partial charge in [-0.25, -0.2) is 9.67 Å². The van der Waals surface area contributed by atoms with Crippen LogP contribution in [0.15, 0.2) is 6.33 Å². The summed E-state index contributed by atoms with van der Waals surface area (Å²) in [6, 6.07) is -0.445. The molecule has 1 saturated heterocycles. The van der Waals surface area contributed by atoms with Crippen molar-refractivity contribution >= 4 is 11.8 Å². The van der Waals surface area contributed by atoms with Gasteiger partial charge >= 0.3 is 0 Å². The van der Waals surface area contributed by atoms with E-state index in [0.29, 0.717) is 18.9 Å². The summed E-state index contributed by atoms with van der Waals surface area (Å²) >= 11 is 0. The number of hydrogen-bond donors (Lipinski definition) is 1. The molecule has 1 aromatic heterocycles. The first-order valence-electron chi connectivity index (χ1n) is 6.47. The zero-order valence-electron chi connectivity index (χ0n) is 11.5. The maximum absolute atomic E-state index is 12.3. The van der Waals surface area contributed by atoms with Gasteiger partial charge in [0, 0.05) is 6.54 Å². The van der Waals surface area contributed by atoms with Crippen molar-refractivity contribution in [3.05, 3.63) is 12.2 Å². The minimum atomic E-state index is -0.445. The summed E-state index contributed by atoms with van der Waals surface area (Å²) in [5.41, 5.74) is 0. The van der Waals surface area contributed by atoms with Crippen LogP contribution >= 0.6 is 0 Å². The first kappa shape index (κ1) is 13.5. The topological polar surface area (TPSA) is 80.1 Å². The van der Waals surface area contributed by atoms with Crippen LogP contribution in [0.3, 0.4) is 0 Å². The van der Waals surface area contributed by atoms with Gasteiger partial charge in [0.1, 0.15) is 24.7 Å². The van der Waals surface area contributed by atoms with Crippen molar-refractivity contribution in [2.45, 2.75) is 39.9 Å². The van der Waals surface area contributed by atoms with Crippen molar-refractivity contribution in [3.8, 4) is 0 Å². The van der Waals surface area contributed by atoms with Crippen LogP contribution in [0, 0.1) is 5.92 Å². The van der Waals surface area contributed by atoms with E-state index in [0.717, 1.165) is 0 Å². The van der Waals surface area contributed by atoms with E-state index >= 15 is 0 Å². The van der Waals surface area contributed by atoms with Gasteiger partial charge in [0.15, 0.2) is 0 Å². The molecule has 1 fully saturated rings. The van der Waals surface area contributed by atoms with Gasteiger partial charge in [-0.15, -0.1) is 0 Å². The molecule has 19 heavy (non-hydrogen) atoms. The molecule has 104 valence electrons. The average molecular weight is 265 g/mol. The highest BCUT2D eigenvalue weighted by atomic mass is 16.2. The summed E-state index contributed by atoms with van der Waals surface area (Å²) < 4.78 is 1.73. The Morgan fingerprint density at radius 1 is 1.47 bits per heavy atom. The molecule has 0 spiro atoms. The van der Waals surface area contributed by atoms with Crippen molar-refractivity contribution in [2.24, 2.45) is 5.92 Å². The van der Waals surface area contributed by atoms with Crippen LogP contribution in [-0.2, 0) is 22.7 Å². The van der Waals surface area contributed by atoms with Gasteiger partial charge in [-0.3, -0.25) is 9.59 Å². The second kappa shape index (κ2) is 5.38. The number of rotatable bonds is 4. The summed E-state index contributed by atoms with van der Waals surface area (Å²) in [4.78, 5) is 29.6. The first-order chi connectivity index (χ1) is 9.02. The molecule has 0 aliphatic carbocycles. The third-order valence-electron chi connectivity index (χ3n) is 3.22. The molecule has 7 nitrogen and oxygen atoms in total. The summed E-state index contributed by atoms with van der Waals surface area (Å²) in [6.45, 7) is 6.89. The Kier molecular flexibility index (Phi) is 3.82. The monoisotopic (exact) mass is 265 g/mol. The highest BCUT2D eigenvalue weighted by molar-refractivity contribution is 5.94. The third-order valence-corrected chi connectivity index (χ3v) is 3.22. The molecule has 2 heterocycles. The van der Waals surface area contributed by atoms with Gasteiger partial charge in [0.05, 0.1) is 6.54 Å². The highest BCUT2D eigenvalue weighted by Gasteiger charge is 2.34. The van der Waals surface area contributed by atoms with Gasteiger partial charge in [-0.1, -0.05) is 13.8 Å². The van der Waals surface area contributed by atoms with E-state index in [2.05, 4.69) is 15.4 Å². The fraction of sp³-hybridized carbons (Fsp3) is 0.667. The van der Waals surface area contributed by atoms with E-state index in [1.807, 2.05) is 20.8 Å². The number of nitrogens with one attached hydrogen (secondary N) is 1. The maximum Gasteiger partial charge on any atom is 0.246 e. The lowest BCUT2D eigenvalue weighted by atomic mass is 10.0. The molecule has 7 heteroatoms. The minimum Gasteiger partial charge on any atom is -0.343 e. The van der Waals surface area contributed by atoms with E-state index in [1.54, 1.807) is 9.58 Å². The van der Waals surface area contributed by atoms with E-state index in [4.69, 9.17) is 0 Å². The van der Waals surface area contributed by atoms with E-state index < -0.39 is 6.04 Å². The van der Waals surface area contributed by atoms with Gasteiger partial charge in [-0.2, -0.15) is 5.10 Å². The zero-order chi connectivity index (χ0) is 14.0. The Morgan fingerprint density at radius 3 is 2.84 bits per heavy atom. The van der Waals surface area contributed by atoms with Crippen LogP contribution in [0.25, 0.3) is 0 Å². The molecule has 1 unspecified atom stereocenters. The molecule has 2 rings (SSSR count). The lowest BCUT2D eigenvalue weighted by Crippen LogP contribution is -2.59. The van der Waals surface area contributed by atoms with Crippen molar-refractivity contribution < 1.29 is 9.59 Å². The first-order valence-corrected chi connectivity index (χ1v) is 6.47. The van der Waals surface area contributed by atoms with Crippen LogP contribution in [0.4, 0.5) is 0 Å². The predicted molar refractivity (Wildman–Crippen MR) is 67.9 cm³/mol. The molecule has 0 aromatic carbocycles. The van der Waals surface area contributed by atoms with Crippen LogP contribution in [0.2, 0.25) is 0 Å². The molecule has 0 bridgehead atoms. The van der Waals surface area contributed by atoms with E-state index in [-0.39, 0.29) is 24.3 Å². The lowest BCUT2D eigenvalue weighted by Gasteiger charge is -2.34. The summed E-state index contributed by atoms with van der Waals surface area (Å²) in [7, 11) is 0. The minimum absolute atomic E-state index is 0.0553. The number of carbonyl (C=O) groups excluding carboxylic acids is 2. The Bertz CT molecular complexity index is 482. The Hall–Kier alpha value is -1.92. The number of amides is 2. The fourth-order valence-corrected chi connectivity index (χ4v) is 2.16. The largest absolute Gasteiger partial charge is 0.343 e. The predicted octanol–water partition coefficient (Wildman–Crippen LogP) is -0.219. The van der Waals surface area contributed by atoms with E-state index in [1.165, 1.54) is 6.33 Å². The van der Waals surface area contributed by atoms with Gasteiger partial charge < -0.3 is 10.2 Å². The SMILES string of the molecule is CCn1ncnc1CN1CC(=O)NC(C(C)C)C1=O. The molecule has 1 aromatic rings. The fourth-order valence-electron chi connectivity index (χ4n) is 2.16. The zero-order valence-corrected chi connectivity index (χ0v) is 11.5. The van der Waals surface area contributed by atoms with Crippen LogP contribution in [0.1, 0.15) is 26.6 Å². The van der Waals surface area contributed by atoms with Gasteiger partial charge in [-0.05, 0) is 12.8 Å². The second-order valence-corrected chi connectivity index (χ2v) is 4.98. The molecular weight excluding hydrogens is 246 g/mol. The average Bonchev–Trinajstić information content (AvgIpc) is 2.80. The Morgan fingerprint density at radius 2 is 2.21 bits per heavy atom. The highest BCUT2D eigenvalue weighted by Crippen LogP contribution is 2.13. The van der Waals surface area contributed by atoms with Crippen LogP contribution in [-0.4, -0.2) is 44.1 Å². The molecule has 1 atom stereocenters.